The molecule has 1 atom stereocenters. The number of carbonyl (C=O) groups excluding carboxylic acids is 2. The van der Waals surface area contributed by atoms with Gasteiger partial charge in [-0.05, 0) is 24.1 Å². The highest BCUT2D eigenvalue weighted by Crippen LogP contribution is 2.21. The molecule has 0 radical (unpaired) electrons. The number of anilines is 1. The third kappa shape index (κ3) is 4.51. The number of halogens is 1. The van der Waals surface area contributed by atoms with Crippen LogP contribution < -0.4 is 16.0 Å². The molecule has 3 amide bonds. The van der Waals surface area contributed by atoms with Crippen molar-refractivity contribution in [3.05, 3.63) is 29.3 Å². The highest BCUT2D eigenvalue weighted by atomic mass is 35.5. The van der Waals surface area contributed by atoms with E-state index in [1.807, 2.05) is 38.1 Å². The fourth-order valence-corrected chi connectivity index (χ4v) is 2.91. The molecule has 126 valence electrons. The van der Waals surface area contributed by atoms with E-state index in [9.17, 15) is 9.59 Å². The zero-order valence-corrected chi connectivity index (χ0v) is 14.2. The van der Waals surface area contributed by atoms with Crippen molar-refractivity contribution in [3.63, 3.8) is 0 Å². The number of nitrogens with zero attached hydrogens (tertiary/aromatic N) is 2. The van der Waals surface area contributed by atoms with E-state index in [0.717, 1.165) is 18.8 Å². The van der Waals surface area contributed by atoms with Gasteiger partial charge in [0.1, 0.15) is 6.04 Å². The van der Waals surface area contributed by atoms with Gasteiger partial charge in [-0.3, -0.25) is 4.79 Å². The van der Waals surface area contributed by atoms with E-state index >= 15 is 0 Å². The predicted octanol–water partition coefficient (Wildman–Crippen LogP) is 1.68. The maximum absolute atomic E-state index is 12.6. The van der Waals surface area contributed by atoms with Crippen molar-refractivity contribution in [2.24, 2.45) is 11.7 Å². The first-order valence-corrected chi connectivity index (χ1v) is 8.11. The monoisotopic (exact) mass is 338 g/mol. The lowest BCUT2D eigenvalue weighted by molar-refractivity contribution is -0.134. The molecule has 1 fully saturated rings. The lowest BCUT2D eigenvalue weighted by Gasteiger charge is -2.38. The number of carbonyl (C=O) groups is 2. The summed E-state index contributed by atoms with van der Waals surface area (Å²) < 4.78 is 0. The standard InChI is InChI=1S/C16H23ClN4O2/c1-11(2)14(19-16(18)23)15(22)21-8-6-20(7-9-21)13-5-3-4-12(17)10-13/h3-5,10-11,14H,6-9H2,1-2H3,(H3,18,19,23)/t14-/m0/s1. The van der Waals surface area contributed by atoms with Crippen molar-refractivity contribution < 1.29 is 9.59 Å². The number of amides is 3. The molecule has 0 unspecified atom stereocenters. The van der Waals surface area contributed by atoms with Crippen molar-refractivity contribution in [2.45, 2.75) is 19.9 Å². The number of hydrogen-bond acceptors (Lipinski definition) is 3. The molecule has 1 aromatic rings. The normalized spacial score (nSPS) is 16.3. The van der Waals surface area contributed by atoms with Crippen LogP contribution in [-0.4, -0.2) is 49.1 Å². The SMILES string of the molecule is CC(C)[C@H](NC(N)=O)C(=O)N1CCN(c2cccc(Cl)c2)CC1. The van der Waals surface area contributed by atoms with Gasteiger partial charge in [0.2, 0.25) is 5.91 Å². The number of nitrogens with two attached hydrogens (primary N) is 1. The van der Waals surface area contributed by atoms with Crippen LogP contribution in [0.2, 0.25) is 5.02 Å². The highest BCUT2D eigenvalue weighted by molar-refractivity contribution is 6.30. The Bertz CT molecular complexity index is 571. The highest BCUT2D eigenvalue weighted by Gasteiger charge is 2.30. The summed E-state index contributed by atoms with van der Waals surface area (Å²) >= 11 is 6.02. The molecule has 1 aromatic carbocycles. The molecule has 0 aromatic heterocycles. The molecule has 1 heterocycles. The first-order valence-electron chi connectivity index (χ1n) is 7.73. The van der Waals surface area contributed by atoms with Gasteiger partial charge in [-0.1, -0.05) is 31.5 Å². The largest absolute Gasteiger partial charge is 0.368 e. The number of rotatable bonds is 4. The second-order valence-corrected chi connectivity index (χ2v) is 6.46. The van der Waals surface area contributed by atoms with Gasteiger partial charge in [0.05, 0.1) is 0 Å². The Balaban J connectivity index is 1.97. The smallest absolute Gasteiger partial charge is 0.312 e. The van der Waals surface area contributed by atoms with Crippen LogP contribution in [0.4, 0.5) is 10.5 Å². The van der Waals surface area contributed by atoms with Gasteiger partial charge in [0.15, 0.2) is 0 Å². The van der Waals surface area contributed by atoms with Crippen LogP contribution in [0.1, 0.15) is 13.8 Å². The van der Waals surface area contributed by atoms with Crippen LogP contribution in [0.15, 0.2) is 24.3 Å². The van der Waals surface area contributed by atoms with E-state index in [-0.39, 0.29) is 11.8 Å². The summed E-state index contributed by atoms with van der Waals surface area (Å²) in [6, 6.07) is 6.44. The van der Waals surface area contributed by atoms with Crippen molar-refractivity contribution in [1.29, 1.82) is 0 Å². The molecular weight excluding hydrogens is 316 g/mol. The van der Waals surface area contributed by atoms with Crippen LogP contribution in [0, 0.1) is 5.92 Å². The van der Waals surface area contributed by atoms with Crippen molar-refractivity contribution in [2.75, 3.05) is 31.1 Å². The van der Waals surface area contributed by atoms with E-state index in [2.05, 4.69) is 10.2 Å². The molecule has 0 bridgehead atoms. The molecule has 2 rings (SSSR count). The van der Waals surface area contributed by atoms with Crippen LogP contribution in [0.25, 0.3) is 0 Å². The van der Waals surface area contributed by atoms with Gasteiger partial charge >= 0.3 is 6.03 Å². The van der Waals surface area contributed by atoms with E-state index in [1.54, 1.807) is 4.90 Å². The third-order valence-corrected chi connectivity index (χ3v) is 4.23. The zero-order chi connectivity index (χ0) is 17.0. The van der Waals surface area contributed by atoms with Gasteiger partial charge < -0.3 is 20.9 Å². The number of piperazine rings is 1. The van der Waals surface area contributed by atoms with Crippen LogP contribution in [0.5, 0.6) is 0 Å². The second kappa shape index (κ2) is 7.55. The molecular formula is C16H23ClN4O2. The number of hydrogen-bond donors (Lipinski definition) is 2. The fourth-order valence-electron chi connectivity index (χ4n) is 2.72. The molecule has 1 saturated heterocycles. The van der Waals surface area contributed by atoms with Crippen molar-refractivity contribution in [3.8, 4) is 0 Å². The topological polar surface area (TPSA) is 78.7 Å². The summed E-state index contributed by atoms with van der Waals surface area (Å²) in [4.78, 5) is 27.7. The molecule has 3 N–H and O–H groups in total. The fraction of sp³-hybridized carbons (Fsp3) is 0.500. The first kappa shape index (κ1) is 17.4. The summed E-state index contributed by atoms with van der Waals surface area (Å²) in [7, 11) is 0. The Hall–Kier alpha value is -1.95. The van der Waals surface area contributed by atoms with Gasteiger partial charge in [0, 0.05) is 36.9 Å². The zero-order valence-electron chi connectivity index (χ0n) is 13.5. The third-order valence-electron chi connectivity index (χ3n) is 4.00. The Morgan fingerprint density at radius 2 is 1.87 bits per heavy atom. The average Bonchev–Trinajstić information content (AvgIpc) is 2.52. The Labute approximate surface area is 141 Å². The summed E-state index contributed by atoms with van der Waals surface area (Å²) in [6.45, 7) is 6.45. The lowest BCUT2D eigenvalue weighted by atomic mass is 10.0. The minimum atomic E-state index is -0.672. The van der Waals surface area contributed by atoms with Crippen molar-refractivity contribution in [1.82, 2.24) is 10.2 Å². The molecule has 6 nitrogen and oxygen atoms in total. The number of benzene rings is 1. The summed E-state index contributed by atoms with van der Waals surface area (Å²) in [5, 5.41) is 3.24. The maximum atomic E-state index is 12.6. The molecule has 1 aliphatic rings. The van der Waals surface area contributed by atoms with Crippen LogP contribution >= 0.6 is 11.6 Å². The van der Waals surface area contributed by atoms with E-state index < -0.39 is 12.1 Å². The maximum Gasteiger partial charge on any atom is 0.312 e. The quantitative estimate of drug-likeness (QED) is 0.876. The van der Waals surface area contributed by atoms with Crippen LogP contribution in [0.3, 0.4) is 0 Å². The van der Waals surface area contributed by atoms with Gasteiger partial charge in [-0.15, -0.1) is 0 Å². The van der Waals surface area contributed by atoms with Crippen molar-refractivity contribution >= 4 is 29.2 Å². The first-order chi connectivity index (χ1) is 10.9. The molecule has 0 spiro atoms. The van der Waals surface area contributed by atoms with Gasteiger partial charge in [0.25, 0.3) is 0 Å². The predicted molar refractivity (Wildman–Crippen MR) is 91.6 cm³/mol. The van der Waals surface area contributed by atoms with Gasteiger partial charge in [-0.25, -0.2) is 4.79 Å². The molecule has 7 heteroatoms. The minimum absolute atomic E-state index is 0.0130. The van der Waals surface area contributed by atoms with E-state index in [0.29, 0.717) is 18.1 Å². The number of urea groups is 1. The summed E-state index contributed by atoms with van der Waals surface area (Å²) in [5.74, 6) is -0.0921. The number of primary amides is 1. The Morgan fingerprint density at radius 1 is 1.22 bits per heavy atom. The second-order valence-electron chi connectivity index (χ2n) is 6.02. The van der Waals surface area contributed by atoms with Gasteiger partial charge in [-0.2, -0.15) is 0 Å². The summed E-state index contributed by atoms with van der Waals surface area (Å²) in [6.07, 6.45) is 0. The average molecular weight is 339 g/mol. The Kier molecular flexibility index (Phi) is 5.71. The lowest BCUT2D eigenvalue weighted by Crippen LogP contribution is -2.57. The van der Waals surface area contributed by atoms with Crippen LogP contribution in [-0.2, 0) is 4.79 Å². The van der Waals surface area contributed by atoms with E-state index in [4.69, 9.17) is 17.3 Å². The molecule has 23 heavy (non-hydrogen) atoms. The molecule has 0 aliphatic carbocycles. The summed E-state index contributed by atoms with van der Waals surface area (Å²) in [5.41, 5.74) is 6.22. The minimum Gasteiger partial charge on any atom is -0.368 e. The number of nitrogens with one attached hydrogen (secondary N) is 1. The van der Waals surface area contributed by atoms with E-state index in [1.165, 1.54) is 0 Å². The molecule has 1 aliphatic heterocycles. The molecule has 0 saturated carbocycles. The Morgan fingerprint density at radius 3 is 2.39 bits per heavy atom.